The van der Waals surface area contributed by atoms with E-state index < -0.39 is 0 Å². The third kappa shape index (κ3) is 1.77. The number of hydrogen-bond donors (Lipinski definition) is 0. The minimum atomic E-state index is -0.384. The van der Waals surface area contributed by atoms with Gasteiger partial charge in [-0.05, 0) is 19.1 Å². The molecular formula is C14H13N3O3. The summed E-state index contributed by atoms with van der Waals surface area (Å²) < 4.78 is 7.87. The van der Waals surface area contributed by atoms with E-state index in [4.69, 9.17) is 0 Å². The Morgan fingerprint density at radius 3 is 2.85 bits per heavy atom. The second-order valence-corrected chi connectivity index (χ2v) is 4.52. The Kier molecular flexibility index (Phi) is 2.78. The van der Waals surface area contributed by atoms with Crippen molar-refractivity contribution in [3.8, 4) is 0 Å². The molecular weight excluding hydrogens is 258 g/mol. The number of hydrogen-bond acceptors (Lipinski definition) is 4. The van der Waals surface area contributed by atoms with E-state index in [1.807, 2.05) is 24.3 Å². The molecule has 0 spiro atoms. The fraction of sp³-hybridized carbons (Fsp3) is 0.214. The van der Waals surface area contributed by atoms with Crippen LogP contribution in [0.25, 0.3) is 16.8 Å². The minimum absolute atomic E-state index is 0.0232. The summed E-state index contributed by atoms with van der Waals surface area (Å²) in [6.45, 7) is 1.79. The summed E-state index contributed by atoms with van der Waals surface area (Å²) in [5.41, 5.74) is 1.95. The number of imidazole rings is 1. The molecule has 2 aromatic heterocycles. The van der Waals surface area contributed by atoms with Gasteiger partial charge in [0.15, 0.2) is 0 Å². The summed E-state index contributed by atoms with van der Waals surface area (Å²) in [5, 5.41) is 0. The van der Waals surface area contributed by atoms with E-state index in [2.05, 4.69) is 9.72 Å². The highest BCUT2D eigenvalue weighted by molar-refractivity contribution is 5.80. The van der Waals surface area contributed by atoms with Gasteiger partial charge in [-0.15, -0.1) is 0 Å². The molecule has 6 nitrogen and oxygen atoms in total. The minimum Gasteiger partial charge on any atom is -0.468 e. The highest BCUT2D eigenvalue weighted by Gasteiger charge is 2.14. The number of aromatic nitrogens is 3. The van der Waals surface area contributed by atoms with Crippen molar-refractivity contribution in [1.29, 1.82) is 0 Å². The monoisotopic (exact) mass is 271 g/mol. The van der Waals surface area contributed by atoms with Gasteiger partial charge in [-0.25, -0.2) is 9.38 Å². The molecule has 1 aromatic carbocycles. The molecule has 0 bridgehead atoms. The Hall–Kier alpha value is -2.63. The zero-order chi connectivity index (χ0) is 14.3. The Morgan fingerprint density at radius 1 is 1.35 bits per heavy atom. The maximum atomic E-state index is 12.2. The molecule has 3 aromatic rings. The van der Waals surface area contributed by atoms with Crippen molar-refractivity contribution in [3.63, 3.8) is 0 Å². The fourth-order valence-corrected chi connectivity index (χ4v) is 2.28. The van der Waals surface area contributed by atoms with Gasteiger partial charge in [-0.3, -0.25) is 9.59 Å². The summed E-state index contributed by atoms with van der Waals surface area (Å²) in [6, 6.07) is 8.86. The maximum absolute atomic E-state index is 12.2. The third-order valence-electron chi connectivity index (χ3n) is 3.28. The molecule has 0 atom stereocenters. The van der Waals surface area contributed by atoms with E-state index in [1.54, 1.807) is 11.5 Å². The van der Waals surface area contributed by atoms with Crippen molar-refractivity contribution < 1.29 is 9.53 Å². The number of fused-ring (bicyclic) bond motifs is 3. The number of esters is 1. The molecule has 0 fully saturated rings. The van der Waals surface area contributed by atoms with Crippen LogP contribution in [0.1, 0.15) is 5.69 Å². The van der Waals surface area contributed by atoms with Crippen LogP contribution in [0, 0.1) is 6.92 Å². The van der Waals surface area contributed by atoms with Gasteiger partial charge in [0, 0.05) is 11.8 Å². The zero-order valence-electron chi connectivity index (χ0n) is 11.2. The van der Waals surface area contributed by atoms with E-state index in [0.29, 0.717) is 17.0 Å². The van der Waals surface area contributed by atoms with Gasteiger partial charge in [0.05, 0.1) is 18.1 Å². The van der Waals surface area contributed by atoms with Gasteiger partial charge in [-0.2, -0.15) is 0 Å². The van der Waals surface area contributed by atoms with Gasteiger partial charge < -0.3 is 9.30 Å². The SMILES string of the molecule is COC(=O)Cn1c(C)cc(=O)n2c3ccccc3nc12. The van der Waals surface area contributed by atoms with E-state index >= 15 is 0 Å². The number of aryl methyl sites for hydroxylation is 1. The summed E-state index contributed by atoms with van der Waals surface area (Å²) in [5.74, 6) is 0.0623. The average Bonchev–Trinajstić information content (AvgIpc) is 2.82. The highest BCUT2D eigenvalue weighted by atomic mass is 16.5. The molecule has 0 saturated carbocycles. The van der Waals surface area contributed by atoms with Crippen molar-refractivity contribution >= 4 is 22.8 Å². The number of carbonyl (C=O) groups is 1. The van der Waals surface area contributed by atoms with Gasteiger partial charge >= 0.3 is 5.97 Å². The molecule has 0 amide bonds. The van der Waals surface area contributed by atoms with Crippen LogP contribution in [-0.2, 0) is 16.1 Å². The third-order valence-corrected chi connectivity index (χ3v) is 3.28. The normalized spacial score (nSPS) is 11.1. The smallest absolute Gasteiger partial charge is 0.325 e. The van der Waals surface area contributed by atoms with Crippen LogP contribution < -0.4 is 5.56 Å². The second-order valence-electron chi connectivity index (χ2n) is 4.52. The second kappa shape index (κ2) is 4.48. The van der Waals surface area contributed by atoms with Crippen LogP contribution in [0.5, 0.6) is 0 Å². The molecule has 0 N–H and O–H groups in total. The average molecular weight is 271 g/mol. The Balaban J connectivity index is 2.40. The molecule has 2 heterocycles. The zero-order valence-corrected chi connectivity index (χ0v) is 11.2. The summed E-state index contributed by atoms with van der Waals surface area (Å²) in [4.78, 5) is 28.1. The largest absolute Gasteiger partial charge is 0.468 e. The molecule has 3 rings (SSSR count). The molecule has 102 valence electrons. The standard InChI is InChI=1S/C14H13N3O3/c1-9-7-12(18)17-11-6-4-3-5-10(11)15-14(17)16(9)8-13(19)20-2/h3-7H,8H2,1-2H3. The van der Waals surface area contributed by atoms with E-state index in [9.17, 15) is 9.59 Å². The van der Waals surface area contributed by atoms with Crippen molar-refractivity contribution in [2.75, 3.05) is 7.11 Å². The first-order valence-electron chi connectivity index (χ1n) is 6.16. The lowest BCUT2D eigenvalue weighted by molar-refractivity contribution is -0.141. The molecule has 0 aliphatic carbocycles. The van der Waals surface area contributed by atoms with Crippen LogP contribution in [0.15, 0.2) is 35.1 Å². The Morgan fingerprint density at radius 2 is 2.10 bits per heavy atom. The van der Waals surface area contributed by atoms with Crippen molar-refractivity contribution in [3.05, 3.63) is 46.4 Å². The van der Waals surface area contributed by atoms with E-state index in [-0.39, 0.29) is 18.1 Å². The number of para-hydroxylation sites is 2. The number of ether oxygens (including phenoxy) is 1. The molecule has 0 saturated heterocycles. The first-order valence-corrected chi connectivity index (χ1v) is 6.16. The first kappa shape index (κ1) is 12.4. The van der Waals surface area contributed by atoms with Gasteiger partial charge in [0.25, 0.3) is 5.56 Å². The summed E-state index contributed by atoms with van der Waals surface area (Å²) in [7, 11) is 1.33. The van der Waals surface area contributed by atoms with Crippen LogP contribution in [-0.4, -0.2) is 27.0 Å². The molecule has 0 unspecified atom stereocenters. The van der Waals surface area contributed by atoms with Crippen LogP contribution in [0.4, 0.5) is 0 Å². The van der Waals surface area contributed by atoms with Gasteiger partial charge in [0.2, 0.25) is 5.78 Å². The molecule has 0 aliphatic rings. The highest BCUT2D eigenvalue weighted by Crippen LogP contribution is 2.15. The van der Waals surface area contributed by atoms with Crippen molar-refractivity contribution in [2.45, 2.75) is 13.5 Å². The van der Waals surface area contributed by atoms with Crippen molar-refractivity contribution in [1.82, 2.24) is 14.0 Å². The number of methoxy groups -OCH3 is 1. The lowest BCUT2D eigenvalue weighted by Gasteiger charge is -2.10. The van der Waals surface area contributed by atoms with Crippen LogP contribution >= 0.6 is 0 Å². The topological polar surface area (TPSA) is 65.6 Å². The van der Waals surface area contributed by atoms with Gasteiger partial charge in [0.1, 0.15) is 6.54 Å². The molecule has 6 heteroatoms. The molecule has 0 aliphatic heterocycles. The summed E-state index contributed by atoms with van der Waals surface area (Å²) >= 11 is 0. The predicted octanol–water partition coefficient (Wildman–Crippen LogP) is 1.13. The number of carbonyl (C=O) groups excluding carboxylic acids is 1. The van der Waals surface area contributed by atoms with Crippen LogP contribution in [0.3, 0.4) is 0 Å². The summed E-state index contributed by atoms with van der Waals surface area (Å²) in [6.07, 6.45) is 0. The van der Waals surface area contributed by atoms with Crippen LogP contribution in [0.2, 0.25) is 0 Å². The van der Waals surface area contributed by atoms with E-state index in [1.165, 1.54) is 17.6 Å². The molecule has 0 radical (unpaired) electrons. The van der Waals surface area contributed by atoms with Crippen molar-refractivity contribution in [2.24, 2.45) is 0 Å². The Bertz CT molecular complexity index is 876. The quantitative estimate of drug-likeness (QED) is 0.655. The first-order chi connectivity index (χ1) is 9.61. The number of rotatable bonds is 2. The lowest BCUT2D eigenvalue weighted by atomic mass is 10.3. The number of nitrogens with zero attached hydrogens (tertiary/aromatic N) is 3. The predicted molar refractivity (Wildman–Crippen MR) is 73.7 cm³/mol. The Labute approximate surface area is 114 Å². The van der Waals surface area contributed by atoms with Gasteiger partial charge in [-0.1, -0.05) is 12.1 Å². The maximum Gasteiger partial charge on any atom is 0.325 e. The fourth-order valence-electron chi connectivity index (χ4n) is 2.28. The number of benzene rings is 1. The molecule has 20 heavy (non-hydrogen) atoms. The lowest BCUT2D eigenvalue weighted by Crippen LogP contribution is -2.22. The van der Waals surface area contributed by atoms with E-state index in [0.717, 1.165) is 5.52 Å².